The first-order chi connectivity index (χ1) is 6.73. The smallest absolute Gasteiger partial charge is 0.393 e. The quantitative estimate of drug-likeness (QED) is 0.464. The third kappa shape index (κ3) is 2.27. The summed E-state index contributed by atoms with van der Waals surface area (Å²) in [6.45, 7) is 0. The van der Waals surface area contributed by atoms with E-state index in [1.54, 1.807) is 0 Å². The lowest BCUT2D eigenvalue weighted by Crippen LogP contribution is -2.13. The number of aromatic nitrogens is 1. The van der Waals surface area contributed by atoms with Gasteiger partial charge in [-0.2, -0.15) is 13.2 Å². The van der Waals surface area contributed by atoms with Crippen molar-refractivity contribution in [1.82, 2.24) is 4.98 Å². The van der Waals surface area contributed by atoms with Crippen LogP contribution in [0.4, 0.5) is 24.5 Å². The van der Waals surface area contributed by atoms with E-state index in [0.29, 0.717) is 0 Å². The fraction of sp³-hybridized carbons (Fsp3) is 0.167. The normalized spacial score (nSPS) is 11.5. The third-order valence-electron chi connectivity index (χ3n) is 1.44. The van der Waals surface area contributed by atoms with Gasteiger partial charge in [-0.1, -0.05) is 11.6 Å². The van der Waals surface area contributed by atoms with Gasteiger partial charge >= 0.3 is 11.9 Å². The highest BCUT2D eigenvalue weighted by molar-refractivity contribution is 6.29. The zero-order valence-corrected chi connectivity index (χ0v) is 7.63. The first-order valence-electron chi connectivity index (χ1n) is 3.41. The van der Waals surface area contributed by atoms with E-state index >= 15 is 0 Å². The lowest BCUT2D eigenvalue weighted by atomic mass is 10.2. The topological polar surface area (TPSA) is 82.0 Å². The number of nitrogens with zero attached hydrogens (tertiary/aromatic N) is 2. The molecule has 0 saturated carbocycles. The van der Waals surface area contributed by atoms with Gasteiger partial charge in [-0.15, -0.1) is 0 Å². The Morgan fingerprint density at radius 2 is 2.07 bits per heavy atom. The average Bonchev–Trinajstić information content (AvgIpc) is 1.99. The van der Waals surface area contributed by atoms with Crippen LogP contribution >= 0.6 is 11.6 Å². The van der Waals surface area contributed by atoms with Gasteiger partial charge in [0, 0.05) is 6.07 Å². The molecule has 1 rings (SSSR count). The van der Waals surface area contributed by atoms with E-state index in [1.165, 1.54) is 0 Å². The van der Waals surface area contributed by atoms with Crippen LogP contribution in [0.15, 0.2) is 6.07 Å². The molecular weight excluding hydrogens is 239 g/mol. The Balaban J connectivity index is 3.54. The highest BCUT2D eigenvalue weighted by atomic mass is 35.5. The number of nitrogens with two attached hydrogens (primary N) is 1. The molecule has 0 unspecified atom stereocenters. The zero-order chi connectivity index (χ0) is 11.8. The van der Waals surface area contributed by atoms with E-state index in [1.807, 2.05) is 0 Å². The Bertz CT molecular complexity index is 421. The van der Waals surface area contributed by atoms with Crippen molar-refractivity contribution in [3.8, 4) is 0 Å². The summed E-state index contributed by atoms with van der Waals surface area (Å²) >= 11 is 5.22. The highest BCUT2D eigenvalue weighted by Gasteiger charge is 2.42. The van der Waals surface area contributed by atoms with Crippen LogP contribution in [0.2, 0.25) is 5.15 Å². The SMILES string of the molecule is Nc1cc(Cl)nc(C(F)(F)F)c1[N+](=O)[O-]. The molecule has 0 atom stereocenters. The van der Waals surface area contributed by atoms with Gasteiger partial charge in [0.15, 0.2) is 0 Å². The van der Waals surface area contributed by atoms with Gasteiger partial charge in [0.05, 0.1) is 4.92 Å². The van der Waals surface area contributed by atoms with Gasteiger partial charge < -0.3 is 5.73 Å². The number of nitrogen functional groups attached to an aromatic ring is 1. The minimum atomic E-state index is -4.97. The molecule has 82 valence electrons. The summed E-state index contributed by atoms with van der Waals surface area (Å²) in [5, 5.41) is 9.79. The maximum Gasteiger partial charge on any atom is 0.440 e. The summed E-state index contributed by atoms with van der Waals surface area (Å²) in [7, 11) is 0. The van der Waals surface area contributed by atoms with Crippen LogP contribution in [0.25, 0.3) is 0 Å². The van der Waals surface area contributed by atoms with E-state index in [4.69, 9.17) is 17.3 Å². The number of nitro groups is 1. The molecule has 0 saturated heterocycles. The van der Waals surface area contributed by atoms with Crippen molar-refractivity contribution in [2.75, 3.05) is 5.73 Å². The molecule has 0 aliphatic rings. The molecule has 1 aromatic heterocycles. The van der Waals surface area contributed by atoms with Crippen molar-refractivity contribution in [2.24, 2.45) is 0 Å². The van der Waals surface area contributed by atoms with Crippen molar-refractivity contribution >= 4 is 23.0 Å². The average molecular weight is 242 g/mol. The van der Waals surface area contributed by atoms with Crippen LogP contribution in [0.5, 0.6) is 0 Å². The number of alkyl halides is 3. The maximum atomic E-state index is 12.3. The van der Waals surface area contributed by atoms with Crippen molar-refractivity contribution in [1.29, 1.82) is 0 Å². The number of halogens is 4. The molecule has 15 heavy (non-hydrogen) atoms. The molecule has 0 aliphatic carbocycles. The summed E-state index contributed by atoms with van der Waals surface area (Å²) in [5.41, 5.74) is 1.40. The van der Waals surface area contributed by atoms with Crippen LogP contribution in [0.1, 0.15) is 5.69 Å². The summed E-state index contributed by atoms with van der Waals surface area (Å²) in [6, 6.07) is 0.787. The Hall–Kier alpha value is -1.57. The van der Waals surface area contributed by atoms with Gasteiger partial charge in [0.2, 0.25) is 5.69 Å². The molecule has 2 N–H and O–H groups in total. The maximum absolute atomic E-state index is 12.3. The van der Waals surface area contributed by atoms with Crippen LogP contribution < -0.4 is 5.73 Å². The van der Waals surface area contributed by atoms with Crippen LogP contribution in [-0.4, -0.2) is 9.91 Å². The molecule has 5 nitrogen and oxygen atoms in total. The molecule has 1 heterocycles. The van der Waals surface area contributed by atoms with Crippen LogP contribution in [0, 0.1) is 10.1 Å². The zero-order valence-electron chi connectivity index (χ0n) is 6.88. The predicted molar refractivity (Wildman–Crippen MR) is 45.3 cm³/mol. The molecule has 0 spiro atoms. The number of anilines is 1. The summed E-state index contributed by atoms with van der Waals surface area (Å²) < 4.78 is 36.9. The summed E-state index contributed by atoms with van der Waals surface area (Å²) in [6.07, 6.45) is -4.97. The third-order valence-corrected chi connectivity index (χ3v) is 1.64. The molecule has 0 bridgehead atoms. The Morgan fingerprint density at radius 3 is 2.47 bits per heavy atom. The number of hydrogen-bond acceptors (Lipinski definition) is 4. The summed E-state index contributed by atoms with van der Waals surface area (Å²) in [4.78, 5) is 11.9. The standard InChI is InChI=1S/C6H3ClF3N3O2/c7-3-1-2(11)4(13(14)15)5(12-3)6(8,9)10/h1H,(H2,11,12). The highest BCUT2D eigenvalue weighted by Crippen LogP contribution is 2.38. The van der Waals surface area contributed by atoms with E-state index in [2.05, 4.69) is 4.98 Å². The molecule has 0 amide bonds. The molecule has 0 aliphatic heterocycles. The van der Waals surface area contributed by atoms with Crippen molar-refractivity contribution in [3.63, 3.8) is 0 Å². The second-order valence-corrected chi connectivity index (χ2v) is 2.87. The van der Waals surface area contributed by atoms with Crippen molar-refractivity contribution < 1.29 is 18.1 Å². The van der Waals surface area contributed by atoms with Crippen molar-refractivity contribution in [2.45, 2.75) is 6.18 Å². The number of hydrogen-bond donors (Lipinski definition) is 1. The van der Waals surface area contributed by atoms with Gasteiger partial charge in [0.1, 0.15) is 10.8 Å². The molecule has 0 fully saturated rings. The van der Waals surface area contributed by atoms with Gasteiger partial charge in [0.25, 0.3) is 0 Å². The van der Waals surface area contributed by atoms with E-state index in [9.17, 15) is 23.3 Å². The Kier molecular flexibility index (Phi) is 2.71. The molecule has 0 radical (unpaired) electrons. The first-order valence-corrected chi connectivity index (χ1v) is 3.79. The molecule has 9 heteroatoms. The minimum Gasteiger partial charge on any atom is -0.393 e. The van der Waals surface area contributed by atoms with Gasteiger partial charge in [-0.25, -0.2) is 4.98 Å². The lowest BCUT2D eigenvalue weighted by molar-refractivity contribution is -0.387. The van der Waals surface area contributed by atoms with Crippen molar-refractivity contribution in [3.05, 3.63) is 27.0 Å². The Labute approximate surface area is 85.8 Å². The van der Waals surface area contributed by atoms with E-state index in [-0.39, 0.29) is 0 Å². The van der Waals surface area contributed by atoms with Crippen LogP contribution in [-0.2, 0) is 6.18 Å². The van der Waals surface area contributed by atoms with E-state index < -0.39 is 33.3 Å². The first kappa shape index (κ1) is 11.5. The molecular formula is C6H3ClF3N3O2. The minimum absolute atomic E-state index is 0.551. The van der Waals surface area contributed by atoms with Gasteiger partial charge in [-0.3, -0.25) is 10.1 Å². The van der Waals surface area contributed by atoms with Gasteiger partial charge in [-0.05, 0) is 0 Å². The monoisotopic (exact) mass is 241 g/mol. The summed E-state index contributed by atoms with van der Waals surface area (Å²) in [5.74, 6) is 0. The van der Waals surface area contributed by atoms with Crippen LogP contribution in [0.3, 0.4) is 0 Å². The second kappa shape index (κ2) is 3.54. The fourth-order valence-electron chi connectivity index (χ4n) is 0.915. The molecule has 0 aromatic carbocycles. The second-order valence-electron chi connectivity index (χ2n) is 2.49. The van der Waals surface area contributed by atoms with E-state index in [0.717, 1.165) is 6.07 Å². The fourth-order valence-corrected chi connectivity index (χ4v) is 1.12. The predicted octanol–water partition coefficient (Wildman–Crippen LogP) is 2.24. The Morgan fingerprint density at radius 1 is 1.53 bits per heavy atom. The lowest BCUT2D eigenvalue weighted by Gasteiger charge is -2.07. The molecule has 1 aromatic rings. The largest absolute Gasteiger partial charge is 0.440 e. The number of pyridine rings is 1. The number of rotatable bonds is 1.